The zero-order valence-electron chi connectivity index (χ0n) is 6.53. The fraction of sp³-hybridized carbons (Fsp3) is 1.00. The van der Waals surface area contributed by atoms with Crippen molar-refractivity contribution in [2.75, 3.05) is 0 Å². The average Bonchev–Trinajstić information content (AvgIpc) is 2.17. The predicted molar refractivity (Wildman–Crippen MR) is 37.2 cm³/mol. The van der Waals surface area contributed by atoms with E-state index < -0.39 is 5.60 Å². The molecule has 0 saturated heterocycles. The molecule has 1 aliphatic rings. The van der Waals surface area contributed by atoms with Crippen molar-refractivity contribution in [1.82, 2.24) is 0 Å². The van der Waals surface area contributed by atoms with Gasteiger partial charge in [-0.3, -0.25) is 0 Å². The molecule has 0 atom stereocenters. The van der Waals surface area contributed by atoms with Crippen LogP contribution in [-0.4, -0.2) is 28.7 Å². The van der Waals surface area contributed by atoms with Crippen LogP contribution in [0.2, 0.25) is 0 Å². The van der Waals surface area contributed by atoms with Crippen LogP contribution in [0.4, 0.5) is 0 Å². The number of rotatable bonds is 1. The van der Waals surface area contributed by atoms with Crippen LogP contribution in [0.5, 0.6) is 0 Å². The van der Waals surface area contributed by atoms with Crippen molar-refractivity contribution in [3.8, 4) is 0 Å². The van der Waals surface area contributed by atoms with Gasteiger partial charge in [0.2, 0.25) is 0 Å². The van der Waals surface area contributed by atoms with Crippen LogP contribution in [0.1, 0.15) is 39.0 Å². The van der Waals surface area contributed by atoms with Gasteiger partial charge in [0.25, 0.3) is 0 Å². The van der Waals surface area contributed by atoms with Gasteiger partial charge in [-0.15, -0.1) is 5.60 Å². The molecule has 3 heteroatoms. The SMILES string of the molecule is CCC1([O-])CCCC1.[I-].[Mg+2]. The van der Waals surface area contributed by atoms with E-state index in [1.807, 2.05) is 6.92 Å². The predicted octanol–water partition coefficient (Wildman–Crippen LogP) is -2.31. The second-order valence-corrected chi connectivity index (χ2v) is 2.74. The molecule has 1 fully saturated rings. The molecule has 1 aliphatic carbocycles. The third kappa shape index (κ3) is 3.73. The van der Waals surface area contributed by atoms with Crippen molar-refractivity contribution >= 4 is 23.1 Å². The van der Waals surface area contributed by atoms with E-state index in [1.54, 1.807) is 0 Å². The Hall–Kier alpha value is 1.46. The van der Waals surface area contributed by atoms with Gasteiger partial charge >= 0.3 is 23.1 Å². The molecule has 0 amide bonds. The Morgan fingerprint density at radius 3 is 1.90 bits per heavy atom. The second-order valence-electron chi connectivity index (χ2n) is 2.74. The first-order valence-electron chi connectivity index (χ1n) is 3.47. The summed E-state index contributed by atoms with van der Waals surface area (Å²) in [6.07, 6.45) is 4.99. The van der Waals surface area contributed by atoms with Gasteiger partial charge in [-0.05, 0) is 0 Å². The molecule has 0 unspecified atom stereocenters. The van der Waals surface area contributed by atoms with E-state index in [1.165, 1.54) is 0 Å². The third-order valence-corrected chi connectivity index (χ3v) is 2.16. The molecule has 1 nitrogen and oxygen atoms in total. The number of halogens is 1. The Morgan fingerprint density at radius 2 is 1.70 bits per heavy atom. The molecule has 0 aromatic heterocycles. The normalized spacial score (nSPS) is 21.0. The maximum atomic E-state index is 11.3. The maximum absolute atomic E-state index is 11.3. The van der Waals surface area contributed by atoms with E-state index >= 15 is 0 Å². The topological polar surface area (TPSA) is 23.1 Å². The molecular weight excluding hydrogens is 251 g/mol. The molecule has 0 N–H and O–H groups in total. The summed E-state index contributed by atoms with van der Waals surface area (Å²) in [5.41, 5.74) is -0.514. The van der Waals surface area contributed by atoms with Crippen LogP contribution in [0, 0.1) is 0 Å². The summed E-state index contributed by atoms with van der Waals surface area (Å²) < 4.78 is 0. The maximum Gasteiger partial charge on any atom is 2.00 e. The molecule has 0 radical (unpaired) electrons. The van der Waals surface area contributed by atoms with Crippen molar-refractivity contribution in [2.45, 2.75) is 44.6 Å². The van der Waals surface area contributed by atoms with Gasteiger partial charge in [-0.2, -0.15) is 0 Å². The smallest absolute Gasteiger partial charge is 1.00 e. The molecule has 0 heterocycles. The van der Waals surface area contributed by atoms with E-state index in [-0.39, 0.29) is 47.0 Å². The van der Waals surface area contributed by atoms with Gasteiger partial charge in [0, 0.05) is 0 Å². The Kier molecular flexibility index (Phi) is 8.44. The summed E-state index contributed by atoms with van der Waals surface area (Å²) in [6, 6.07) is 0. The first kappa shape index (κ1) is 14.0. The van der Waals surface area contributed by atoms with Crippen molar-refractivity contribution in [3.63, 3.8) is 0 Å². The van der Waals surface area contributed by atoms with Crippen molar-refractivity contribution < 1.29 is 29.1 Å². The van der Waals surface area contributed by atoms with Crippen molar-refractivity contribution in [1.29, 1.82) is 0 Å². The van der Waals surface area contributed by atoms with Gasteiger partial charge in [-0.25, -0.2) is 0 Å². The summed E-state index contributed by atoms with van der Waals surface area (Å²) in [5.74, 6) is 0. The summed E-state index contributed by atoms with van der Waals surface area (Å²) in [6.45, 7) is 2.00. The Balaban J connectivity index is 0. The van der Waals surface area contributed by atoms with Crippen LogP contribution in [0.25, 0.3) is 0 Å². The molecule has 10 heavy (non-hydrogen) atoms. The fourth-order valence-corrected chi connectivity index (χ4v) is 1.37. The first-order valence-corrected chi connectivity index (χ1v) is 3.47. The molecule has 0 aliphatic heterocycles. The van der Waals surface area contributed by atoms with Crippen LogP contribution < -0.4 is 29.1 Å². The van der Waals surface area contributed by atoms with E-state index in [0.29, 0.717) is 0 Å². The van der Waals surface area contributed by atoms with Crippen LogP contribution in [-0.2, 0) is 0 Å². The van der Waals surface area contributed by atoms with Crippen molar-refractivity contribution in [2.24, 2.45) is 0 Å². The molecule has 0 spiro atoms. The van der Waals surface area contributed by atoms with E-state index in [0.717, 1.165) is 32.1 Å². The fourth-order valence-electron chi connectivity index (χ4n) is 1.37. The van der Waals surface area contributed by atoms with Gasteiger partial charge in [0.05, 0.1) is 0 Å². The van der Waals surface area contributed by atoms with Gasteiger partial charge < -0.3 is 29.1 Å². The quantitative estimate of drug-likeness (QED) is 0.386. The summed E-state index contributed by atoms with van der Waals surface area (Å²) >= 11 is 0. The van der Waals surface area contributed by atoms with Gasteiger partial charge in [0.1, 0.15) is 0 Å². The minimum atomic E-state index is -0.514. The number of hydrogen-bond acceptors (Lipinski definition) is 1. The molecule has 56 valence electrons. The minimum absolute atomic E-state index is 0. The van der Waals surface area contributed by atoms with Crippen LogP contribution >= 0.6 is 0 Å². The zero-order valence-corrected chi connectivity index (χ0v) is 10.1. The summed E-state index contributed by atoms with van der Waals surface area (Å²) in [7, 11) is 0. The Bertz CT molecular complexity index is 81.7. The third-order valence-electron chi connectivity index (χ3n) is 2.16. The second kappa shape index (κ2) is 6.03. The number of hydrogen-bond donors (Lipinski definition) is 0. The van der Waals surface area contributed by atoms with Crippen LogP contribution in [0.3, 0.4) is 0 Å². The minimum Gasteiger partial charge on any atom is -1.00 e. The molecule has 1 rings (SSSR count). The van der Waals surface area contributed by atoms with E-state index in [2.05, 4.69) is 0 Å². The summed E-state index contributed by atoms with van der Waals surface area (Å²) in [5, 5.41) is 11.3. The molecule has 0 bridgehead atoms. The molecule has 1 saturated carbocycles. The van der Waals surface area contributed by atoms with E-state index in [9.17, 15) is 5.11 Å². The first-order chi connectivity index (χ1) is 3.77. The van der Waals surface area contributed by atoms with Gasteiger partial charge in [0.15, 0.2) is 0 Å². The average molecular weight is 264 g/mol. The van der Waals surface area contributed by atoms with E-state index in [4.69, 9.17) is 0 Å². The standard InChI is InChI=1S/C7H13O.HI.Mg/c1-2-7(8)5-3-4-6-7;;/h2-6H2,1H3;1H;/q-1;;+2/p-1. The molecule has 0 aromatic carbocycles. The van der Waals surface area contributed by atoms with Gasteiger partial charge in [-0.1, -0.05) is 39.0 Å². The van der Waals surface area contributed by atoms with Crippen LogP contribution in [0.15, 0.2) is 0 Å². The summed E-state index contributed by atoms with van der Waals surface area (Å²) in [4.78, 5) is 0. The monoisotopic (exact) mass is 264 g/mol. The zero-order chi connectivity index (χ0) is 6.04. The largest absolute Gasteiger partial charge is 2.00 e. The Morgan fingerprint density at radius 1 is 1.30 bits per heavy atom. The molecule has 0 aromatic rings. The van der Waals surface area contributed by atoms with Crippen molar-refractivity contribution in [3.05, 3.63) is 0 Å². The molecular formula is C7H13IMgO. The Labute approximate surface area is 96.1 Å².